The quantitative estimate of drug-likeness (QED) is 0.651. The number of aliphatic imine (C=N–C) groups is 1. The average Bonchev–Trinajstić information content (AvgIpc) is 2.65. The van der Waals surface area contributed by atoms with Crippen LogP contribution in [0.1, 0.15) is 10.6 Å². The Bertz CT molecular complexity index is 584. The van der Waals surface area contributed by atoms with Crippen LogP contribution in [0.25, 0.3) is 11.0 Å². The van der Waals surface area contributed by atoms with Gasteiger partial charge in [0, 0.05) is 19.5 Å². The van der Waals surface area contributed by atoms with E-state index in [2.05, 4.69) is 4.99 Å². The molecule has 88 valence electrons. The normalized spacial score (nSPS) is 11.2. The van der Waals surface area contributed by atoms with E-state index < -0.39 is 5.97 Å². The minimum atomic E-state index is -1.12. The van der Waals surface area contributed by atoms with Crippen molar-refractivity contribution in [1.82, 2.24) is 4.90 Å². The average molecular weight is 232 g/mol. The first kappa shape index (κ1) is 11.2. The maximum Gasteiger partial charge on any atom is 0.374 e. The molecule has 5 heteroatoms. The summed E-state index contributed by atoms with van der Waals surface area (Å²) >= 11 is 0. The molecule has 0 atom stereocenters. The number of carboxylic acid groups (broad SMARTS) is 1. The first-order chi connectivity index (χ1) is 8.09. The van der Waals surface area contributed by atoms with Gasteiger partial charge in [-0.1, -0.05) is 12.1 Å². The summed E-state index contributed by atoms with van der Waals surface area (Å²) in [7, 11) is 3.62. The maximum atomic E-state index is 11.1. The Labute approximate surface area is 98.0 Å². The number of nitrogens with zero attached hydrogens (tertiary/aromatic N) is 2. The fourth-order valence-corrected chi connectivity index (χ4v) is 1.48. The third-order valence-corrected chi connectivity index (χ3v) is 2.18. The molecule has 0 aliphatic carbocycles. The smallest absolute Gasteiger partial charge is 0.374 e. The number of benzene rings is 1. The van der Waals surface area contributed by atoms with Crippen molar-refractivity contribution >= 4 is 29.0 Å². The summed E-state index contributed by atoms with van der Waals surface area (Å²) < 4.78 is 5.26. The lowest BCUT2D eigenvalue weighted by atomic mass is 10.2. The van der Waals surface area contributed by atoms with Crippen molar-refractivity contribution in [1.29, 1.82) is 0 Å². The summed E-state index contributed by atoms with van der Waals surface area (Å²) in [5.41, 5.74) is 0.873. The molecule has 2 aromatic rings. The van der Waals surface area contributed by atoms with Gasteiger partial charge in [-0.2, -0.15) is 0 Å². The molecule has 0 amide bonds. The molecule has 0 aliphatic rings. The third kappa shape index (κ3) is 2.13. The van der Waals surface area contributed by atoms with Crippen molar-refractivity contribution in [3.05, 3.63) is 30.0 Å². The van der Waals surface area contributed by atoms with Gasteiger partial charge in [0.05, 0.1) is 6.34 Å². The molecule has 0 fully saturated rings. The molecule has 1 aromatic carbocycles. The second-order valence-corrected chi connectivity index (χ2v) is 3.79. The summed E-state index contributed by atoms with van der Waals surface area (Å²) in [6.07, 6.45) is 1.55. The lowest BCUT2D eigenvalue weighted by molar-refractivity contribution is 0.0666. The molecule has 0 saturated carbocycles. The number of carbonyl (C=O) groups is 1. The predicted molar refractivity (Wildman–Crippen MR) is 65.0 cm³/mol. The predicted octanol–water partition coefficient (Wildman–Crippen LogP) is 2.35. The van der Waals surface area contributed by atoms with Crippen molar-refractivity contribution in [2.45, 2.75) is 0 Å². The Hall–Kier alpha value is -2.30. The van der Waals surface area contributed by atoms with E-state index in [1.54, 1.807) is 29.4 Å². The van der Waals surface area contributed by atoms with E-state index in [-0.39, 0.29) is 5.76 Å². The number of fused-ring (bicyclic) bond motifs is 1. The molecule has 0 aliphatic heterocycles. The standard InChI is InChI=1S/C12H12N2O3/c1-14(2)7-13-10-8-5-3-4-6-9(8)17-11(10)12(15)16/h3-7H,1-2H3,(H,15,16). The number of carboxylic acids is 1. The van der Waals surface area contributed by atoms with Crippen LogP contribution in [0.2, 0.25) is 0 Å². The molecule has 0 radical (unpaired) electrons. The monoisotopic (exact) mass is 232 g/mol. The Kier molecular flexibility index (Phi) is 2.82. The molecular formula is C12H12N2O3. The highest BCUT2D eigenvalue weighted by molar-refractivity contribution is 6.03. The topological polar surface area (TPSA) is 66.0 Å². The second kappa shape index (κ2) is 4.29. The van der Waals surface area contributed by atoms with Crippen LogP contribution in [0, 0.1) is 0 Å². The number of para-hydroxylation sites is 1. The van der Waals surface area contributed by atoms with Crippen molar-refractivity contribution in [3.63, 3.8) is 0 Å². The molecule has 1 N–H and O–H groups in total. The van der Waals surface area contributed by atoms with Gasteiger partial charge in [-0.15, -0.1) is 0 Å². The van der Waals surface area contributed by atoms with Crippen LogP contribution in [0.3, 0.4) is 0 Å². The van der Waals surface area contributed by atoms with E-state index in [4.69, 9.17) is 9.52 Å². The largest absolute Gasteiger partial charge is 0.475 e. The van der Waals surface area contributed by atoms with E-state index in [1.165, 1.54) is 0 Å². The Morgan fingerprint density at radius 3 is 2.76 bits per heavy atom. The lowest BCUT2D eigenvalue weighted by Gasteiger charge is -2.01. The minimum Gasteiger partial charge on any atom is -0.475 e. The van der Waals surface area contributed by atoms with Gasteiger partial charge in [-0.25, -0.2) is 9.79 Å². The maximum absolute atomic E-state index is 11.1. The molecule has 0 bridgehead atoms. The van der Waals surface area contributed by atoms with Crippen molar-refractivity contribution in [2.75, 3.05) is 14.1 Å². The van der Waals surface area contributed by atoms with Crippen LogP contribution < -0.4 is 0 Å². The molecule has 17 heavy (non-hydrogen) atoms. The van der Waals surface area contributed by atoms with Gasteiger partial charge in [-0.05, 0) is 12.1 Å². The van der Waals surface area contributed by atoms with Gasteiger partial charge >= 0.3 is 5.97 Å². The van der Waals surface area contributed by atoms with E-state index in [1.807, 2.05) is 20.2 Å². The summed E-state index contributed by atoms with van der Waals surface area (Å²) in [6.45, 7) is 0. The van der Waals surface area contributed by atoms with Gasteiger partial charge in [0.1, 0.15) is 11.3 Å². The molecule has 5 nitrogen and oxygen atoms in total. The highest BCUT2D eigenvalue weighted by Crippen LogP contribution is 2.32. The van der Waals surface area contributed by atoms with Crippen LogP contribution in [-0.4, -0.2) is 36.4 Å². The Morgan fingerprint density at radius 1 is 1.41 bits per heavy atom. The van der Waals surface area contributed by atoms with Crippen LogP contribution in [0.15, 0.2) is 33.7 Å². The first-order valence-corrected chi connectivity index (χ1v) is 5.05. The molecule has 1 aromatic heterocycles. The summed E-state index contributed by atoms with van der Waals surface area (Å²) in [5.74, 6) is -1.25. The summed E-state index contributed by atoms with van der Waals surface area (Å²) in [6, 6.07) is 7.11. The van der Waals surface area contributed by atoms with Crippen LogP contribution in [-0.2, 0) is 0 Å². The summed E-state index contributed by atoms with van der Waals surface area (Å²) in [5, 5.41) is 9.75. The lowest BCUT2D eigenvalue weighted by Crippen LogP contribution is -2.07. The van der Waals surface area contributed by atoms with Crippen LogP contribution in [0.5, 0.6) is 0 Å². The van der Waals surface area contributed by atoms with E-state index >= 15 is 0 Å². The first-order valence-electron chi connectivity index (χ1n) is 5.05. The van der Waals surface area contributed by atoms with Crippen molar-refractivity contribution in [2.24, 2.45) is 4.99 Å². The fraction of sp³-hybridized carbons (Fsp3) is 0.167. The zero-order chi connectivity index (χ0) is 12.4. The van der Waals surface area contributed by atoms with E-state index in [0.717, 1.165) is 0 Å². The van der Waals surface area contributed by atoms with E-state index in [0.29, 0.717) is 16.7 Å². The van der Waals surface area contributed by atoms with Crippen LogP contribution >= 0.6 is 0 Å². The van der Waals surface area contributed by atoms with Gasteiger partial charge in [0.15, 0.2) is 0 Å². The molecule has 0 unspecified atom stereocenters. The van der Waals surface area contributed by atoms with E-state index in [9.17, 15) is 4.79 Å². The Morgan fingerprint density at radius 2 is 2.12 bits per heavy atom. The van der Waals surface area contributed by atoms with Gasteiger partial charge < -0.3 is 14.4 Å². The number of hydrogen-bond donors (Lipinski definition) is 1. The number of furan rings is 1. The number of rotatable bonds is 3. The third-order valence-electron chi connectivity index (χ3n) is 2.18. The van der Waals surface area contributed by atoms with Gasteiger partial charge in [0.25, 0.3) is 0 Å². The van der Waals surface area contributed by atoms with Gasteiger partial charge in [-0.3, -0.25) is 0 Å². The molecule has 0 saturated heterocycles. The minimum absolute atomic E-state index is 0.135. The number of aromatic carboxylic acids is 1. The van der Waals surface area contributed by atoms with Gasteiger partial charge in [0.2, 0.25) is 5.76 Å². The fourth-order valence-electron chi connectivity index (χ4n) is 1.48. The zero-order valence-electron chi connectivity index (χ0n) is 9.54. The van der Waals surface area contributed by atoms with Crippen molar-refractivity contribution < 1.29 is 14.3 Å². The molecule has 2 rings (SSSR count). The number of hydrogen-bond acceptors (Lipinski definition) is 3. The highest BCUT2D eigenvalue weighted by atomic mass is 16.4. The Balaban J connectivity index is 2.64. The zero-order valence-corrected chi connectivity index (χ0v) is 9.54. The van der Waals surface area contributed by atoms with Crippen molar-refractivity contribution in [3.8, 4) is 0 Å². The summed E-state index contributed by atoms with van der Waals surface area (Å²) in [4.78, 5) is 16.9. The molecular weight excluding hydrogens is 220 g/mol. The molecule has 0 spiro atoms. The van der Waals surface area contributed by atoms with Crippen LogP contribution in [0.4, 0.5) is 5.69 Å². The second-order valence-electron chi connectivity index (χ2n) is 3.79. The molecule has 1 heterocycles. The SMILES string of the molecule is CN(C)C=Nc1c(C(=O)O)oc2ccccc12. The highest BCUT2D eigenvalue weighted by Gasteiger charge is 2.18.